The molecule has 105 valence electrons. The Labute approximate surface area is 138 Å². The van der Waals surface area contributed by atoms with Crippen LogP contribution in [0.3, 0.4) is 0 Å². The molecule has 1 aromatic heterocycles. The van der Waals surface area contributed by atoms with Gasteiger partial charge in [-0.05, 0) is 42.2 Å². The molecule has 3 rings (SSSR count). The summed E-state index contributed by atoms with van der Waals surface area (Å²) in [5.41, 5.74) is 3.75. The summed E-state index contributed by atoms with van der Waals surface area (Å²) >= 11 is 18.5. The summed E-state index contributed by atoms with van der Waals surface area (Å²) in [6.07, 6.45) is 8.76. The minimum atomic E-state index is 0.466. The van der Waals surface area contributed by atoms with Crippen LogP contribution in [0.15, 0.2) is 48.7 Å². The summed E-state index contributed by atoms with van der Waals surface area (Å²) < 4.78 is 0. The van der Waals surface area contributed by atoms with Gasteiger partial charge in [-0.1, -0.05) is 59.1 Å². The quantitative estimate of drug-likeness (QED) is 0.644. The molecule has 0 atom stereocenters. The maximum absolute atomic E-state index is 6.31. The summed E-state index contributed by atoms with van der Waals surface area (Å²) in [6, 6.07) is 9.43. The van der Waals surface area contributed by atoms with E-state index < -0.39 is 0 Å². The van der Waals surface area contributed by atoms with Gasteiger partial charge in [-0.25, -0.2) is 0 Å². The maximum atomic E-state index is 6.31. The summed E-state index contributed by atoms with van der Waals surface area (Å²) in [5, 5.41) is 1.67. The summed E-state index contributed by atoms with van der Waals surface area (Å²) in [5.74, 6) is 0. The SMILES string of the molecule is Clc1cccc(C2=C(c3nccc(Cl)c3Cl)C=CC[CH]2)c1. The molecule has 0 saturated carbocycles. The maximum Gasteiger partial charge on any atom is 0.0906 e. The molecule has 2 aromatic rings. The van der Waals surface area contributed by atoms with Crippen LogP contribution in [0.2, 0.25) is 15.1 Å². The molecule has 1 aliphatic rings. The molecule has 0 amide bonds. The fourth-order valence-corrected chi connectivity index (χ4v) is 2.87. The molecule has 1 heterocycles. The van der Waals surface area contributed by atoms with Gasteiger partial charge in [-0.2, -0.15) is 0 Å². The highest BCUT2D eigenvalue weighted by Gasteiger charge is 2.17. The number of allylic oxidation sites excluding steroid dienone is 4. The van der Waals surface area contributed by atoms with Gasteiger partial charge in [0.05, 0.1) is 15.7 Å². The van der Waals surface area contributed by atoms with Crippen LogP contribution in [0.1, 0.15) is 17.7 Å². The smallest absolute Gasteiger partial charge is 0.0906 e. The fourth-order valence-electron chi connectivity index (χ4n) is 2.32. The van der Waals surface area contributed by atoms with E-state index >= 15 is 0 Å². The van der Waals surface area contributed by atoms with Gasteiger partial charge in [0, 0.05) is 16.8 Å². The van der Waals surface area contributed by atoms with Crippen molar-refractivity contribution < 1.29 is 0 Å². The number of halogens is 3. The highest BCUT2D eigenvalue weighted by Crippen LogP contribution is 2.38. The highest BCUT2D eigenvalue weighted by atomic mass is 35.5. The van der Waals surface area contributed by atoms with Gasteiger partial charge >= 0.3 is 0 Å². The van der Waals surface area contributed by atoms with E-state index in [1.807, 2.05) is 30.3 Å². The lowest BCUT2D eigenvalue weighted by Crippen LogP contribution is -1.98. The number of aromatic nitrogens is 1. The van der Waals surface area contributed by atoms with E-state index in [2.05, 4.69) is 17.5 Å². The van der Waals surface area contributed by atoms with E-state index in [-0.39, 0.29) is 0 Å². The first-order chi connectivity index (χ1) is 10.2. The van der Waals surface area contributed by atoms with E-state index in [4.69, 9.17) is 34.8 Å². The van der Waals surface area contributed by atoms with Crippen molar-refractivity contribution >= 4 is 45.9 Å². The van der Waals surface area contributed by atoms with Crippen molar-refractivity contribution in [3.8, 4) is 0 Å². The predicted octanol–water partition coefficient (Wildman–Crippen LogP) is 6.12. The Hall–Kier alpha value is -1.28. The zero-order valence-corrected chi connectivity index (χ0v) is 13.3. The Bertz CT molecular complexity index is 747. The predicted molar refractivity (Wildman–Crippen MR) is 90.6 cm³/mol. The van der Waals surface area contributed by atoms with E-state index in [1.165, 1.54) is 0 Å². The van der Waals surface area contributed by atoms with Gasteiger partial charge in [0.15, 0.2) is 0 Å². The normalized spacial score (nSPS) is 14.6. The number of nitrogens with zero attached hydrogens (tertiary/aromatic N) is 1. The molecule has 0 saturated heterocycles. The summed E-state index contributed by atoms with van der Waals surface area (Å²) in [7, 11) is 0. The lowest BCUT2D eigenvalue weighted by Gasteiger charge is -2.17. The Morgan fingerprint density at radius 2 is 1.86 bits per heavy atom. The lowest BCUT2D eigenvalue weighted by molar-refractivity contribution is 1.24. The molecule has 0 N–H and O–H groups in total. The van der Waals surface area contributed by atoms with Crippen molar-refractivity contribution in [2.24, 2.45) is 0 Å². The molecule has 0 spiro atoms. The van der Waals surface area contributed by atoms with Crippen LogP contribution in [-0.2, 0) is 0 Å². The number of hydrogen-bond acceptors (Lipinski definition) is 1. The number of benzene rings is 1. The molecule has 1 nitrogen and oxygen atoms in total. The third-order valence-electron chi connectivity index (χ3n) is 3.27. The number of rotatable bonds is 2. The van der Waals surface area contributed by atoms with Crippen LogP contribution in [-0.4, -0.2) is 4.98 Å². The second kappa shape index (κ2) is 6.23. The average Bonchev–Trinajstić information content (AvgIpc) is 2.50. The van der Waals surface area contributed by atoms with Gasteiger partial charge in [0.2, 0.25) is 0 Å². The monoisotopic (exact) mass is 334 g/mol. The van der Waals surface area contributed by atoms with Gasteiger partial charge in [-0.15, -0.1) is 0 Å². The first-order valence-electron chi connectivity index (χ1n) is 6.47. The van der Waals surface area contributed by atoms with Crippen molar-refractivity contribution in [3.63, 3.8) is 0 Å². The molecular formula is C17H11Cl3N. The minimum absolute atomic E-state index is 0.466. The standard InChI is InChI=1S/C17H11Cl3N/c18-12-5-3-4-11(10-12)13-6-1-2-7-14(13)17-16(20)15(19)8-9-21-17/h2-10H,1H2. The molecule has 0 bridgehead atoms. The van der Waals surface area contributed by atoms with E-state index in [0.29, 0.717) is 20.8 Å². The van der Waals surface area contributed by atoms with Crippen LogP contribution >= 0.6 is 34.8 Å². The van der Waals surface area contributed by atoms with Crippen molar-refractivity contribution in [2.75, 3.05) is 0 Å². The molecule has 0 unspecified atom stereocenters. The molecule has 1 aliphatic carbocycles. The van der Waals surface area contributed by atoms with Crippen molar-refractivity contribution in [3.05, 3.63) is 81.4 Å². The third-order valence-corrected chi connectivity index (χ3v) is 4.29. The molecule has 1 aromatic carbocycles. The second-order valence-corrected chi connectivity index (χ2v) is 5.86. The Balaban J connectivity index is 2.21. The van der Waals surface area contributed by atoms with Crippen LogP contribution in [0.5, 0.6) is 0 Å². The zero-order chi connectivity index (χ0) is 14.8. The van der Waals surface area contributed by atoms with Gasteiger partial charge in [0.25, 0.3) is 0 Å². The highest BCUT2D eigenvalue weighted by molar-refractivity contribution is 6.43. The van der Waals surface area contributed by atoms with Gasteiger partial charge in [0.1, 0.15) is 0 Å². The van der Waals surface area contributed by atoms with Crippen molar-refractivity contribution in [1.29, 1.82) is 0 Å². The molecule has 4 heteroatoms. The summed E-state index contributed by atoms with van der Waals surface area (Å²) in [6.45, 7) is 0. The van der Waals surface area contributed by atoms with E-state index in [0.717, 1.165) is 23.1 Å². The molecule has 1 radical (unpaired) electrons. The third kappa shape index (κ3) is 3.01. The van der Waals surface area contributed by atoms with E-state index in [1.54, 1.807) is 12.3 Å². The van der Waals surface area contributed by atoms with Crippen LogP contribution in [0.25, 0.3) is 11.1 Å². The van der Waals surface area contributed by atoms with Crippen LogP contribution < -0.4 is 0 Å². The fraction of sp³-hybridized carbons (Fsp3) is 0.0588. The van der Waals surface area contributed by atoms with Crippen LogP contribution in [0.4, 0.5) is 0 Å². The Morgan fingerprint density at radius 1 is 1.00 bits per heavy atom. The van der Waals surface area contributed by atoms with Gasteiger partial charge < -0.3 is 0 Å². The van der Waals surface area contributed by atoms with Crippen LogP contribution in [0, 0.1) is 6.42 Å². The molecule has 21 heavy (non-hydrogen) atoms. The van der Waals surface area contributed by atoms with Gasteiger partial charge in [-0.3, -0.25) is 4.98 Å². The topological polar surface area (TPSA) is 12.9 Å². The molecule has 0 aliphatic heterocycles. The molecular weight excluding hydrogens is 325 g/mol. The number of hydrogen-bond donors (Lipinski definition) is 0. The number of pyridine rings is 1. The molecule has 0 fully saturated rings. The first-order valence-corrected chi connectivity index (χ1v) is 7.60. The zero-order valence-electron chi connectivity index (χ0n) is 11.0. The second-order valence-electron chi connectivity index (χ2n) is 4.64. The lowest BCUT2D eigenvalue weighted by atomic mass is 9.90. The largest absolute Gasteiger partial charge is 0.255 e. The Kier molecular flexibility index (Phi) is 4.34. The van der Waals surface area contributed by atoms with Crippen molar-refractivity contribution in [2.45, 2.75) is 6.42 Å². The van der Waals surface area contributed by atoms with Crippen molar-refractivity contribution in [1.82, 2.24) is 4.98 Å². The van der Waals surface area contributed by atoms with E-state index in [9.17, 15) is 0 Å². The average molecular weight is 336 g/mol. The first kappa shape index (κ1) is 14.6. The Morgan fingerprint density at radius 3 is 2.67 bits per heavy atom. The minimum Gasteiger partial charge on any atom is -0.255 e. The summed E-state index contributed by atoms with van der Waals surface area (Å²) in [4.78, 5) is 4.38.